The summed E-state index contributed by atoms with van der Waals surface area (Å²) in [4.78, 5) is 11.8. The van der Waals surface area contributed by atoms with Crippen LogP contribution in [0, 0.1) is 6.92 Å². The summed E-state index contributed by atoms with van der Waals surface area (Å²) < 4.78 is 1.74. The number of nitrogens with zero attached hydrogens (tertiary/aromatic N) is 1. The van der Waals surface area contributed by atoms with Gasteiger partial charge in [-0.25, -0.2) is 0 Å². The van der Waals surface area contributed by atoms with Gasteiger partial charge >= 0.3 is 0 Å². The predicted octanol–water partition coefficient (Wildman–Crippen LogP) is 2.43. The van der Waals surface area contributed by atoms with Crippen LogP contribution in [0.1, 0.15) is 30.7 Å². The van der Waals surface area contributed by atoms with Crippen LogP contribution in [0.25, 0.3) is 0 Å². The zero-order chi connectivity index (χ0) is 14.0. The molecule has 100 valence electrons. The summed E-state index contributed by atoms with van der Waals surface area (Å²) >= 11 is 0. The van der Waals surface area contributed by atoms with Crippen LogP contribution in [-0.2, 0) is 12.1 Å². The first-order valence-corrected chi connectivity index (χ1v) is 6.36. The van der Waals surface area contributed by atoms with Gasteiger partial charge in [-0.2, -0.15) is 0 Å². The summed E-state index contributed by atoms with van der Waals surface area (Å²) in [7, 11) is 0. The Balaban J connectivity index is 2.28. The van der Waals surface area contributed by atoms with Crippen molar-refractivity contribution in [1.82, 2.24) is 4.57 Å². The highest BCUT2D eigenvalue weighted by molar-refractivity contribution is 5.26. The monoisotopic (exact) mass is 257 g/mol. The van der Waals surface area contributed by atoms with E-state index in [0.717, 1.165) is 16.8 Å². The maximum absolute atomic E-state index is 11.8. The normalized spacial score (nSPS) is 11.6. The minimum Gasteiger partial charge on any atom is -0.386 e. The zero-order valence-electron chi connectivity index (χ0n) is 11.6. The molecular formula is C16H19NO2. The van der Waals surface area contributed by atoms with E-state index in [4.69, 9.17) is 0 Å². The van der Waals surface area contributed by atoms with E-state index in [2.05, 4.69) is 0 Å². The molecule has 3 heteroatoms. The number of aryl methyl sites for hydroxylation is 1. The average molecular weight is 257 g/mol. The van der Waals surface area contributed by atoms with E-state index in [-0.39, 0.29) is 5.56 Å². The lowest BCUT2D eigenvalue weighted by molar-refractivity contribution is 0.0786. The van der Waals surface area contributed by atoms with Crippen LogP contribution >= 0.6 is 0 Å². The summed E-state index contributed by atoms with van der Waals surface area (Å²) in [6, 6.07) is 13.0. The maximum Gasteiger partial charge on any atom is 0.251 e. The van der Waals surface area contributed by atoms with E-state index in [1.54, 1.807) is 30.5 Å². The van der Waals surface area contributed by atoms with Crippen LogP contribution in [0.3, 0.4) is 0 Å². The molecule has 2 rings (SSSR count). The lowest BCUT2D eigenvalue weighted by Crippen LogP contribution is -2.21. The molecule has 0 aliphatic heterocycles. The van der Waals surface area contributed by atoms with E-state index >= 15 is 0 Å². The third kappa shape index (κ3) is 3.12. The van der Waals surface area contributed by atoms with E-state index in [1.165, 1.54) is 0 Å². The van der Waals surface area contributed by atoms with Crippen LogP contribution < -0.4 is 5.56 Å². The fourth-order valence-electron chi connectivity index (χ4n) is 2.03. The Labute approximate surface area is 113 Å². The molecule has 0 saturated heterocycles. The molecule has 0 aliphatic rings. The molecule has 3 nitrogen and oxygen atoms in total. The zero-order valence-corrected chi connectivity index (χ0v) is 11.6. The van der Waals surface area contributed by atoms with Crippen molar-refractivity contribution in [2.24, 2.45) is 0 Å². The van der Waals surface area contributed by atoms with Crippen molar-refractivity contribution < 1.29 is 5.11 Å². The smallest absolute Gasteiger partial charge is 0.251 e. The van der Waals surface area contributed by atoms with Crippen molar-refractivity contribution in [3.8, 4) is 0 Å². The van der Waals surface area contributed by atoms with Crippen LogP contribution in [0.15, 0.2) is 47.3 Å². The van der Waals surface area contributed by atoms with Crippen LogP contribution in [0.2, 0.25) is 0 Å². The largest absolute Gasteiger partial charge is 0.386 e. The number of aromatic nitrogens is 1. The van der Waals surface area contributed by atoms with Crippen molar-refractivity contribution in [3.63, 3.8) is 0 Å². The third-order valence-electron chi connectivity index (χ3n) is 3.27. The molecule has 1 N–H and O–H groups in total. The molecule has 0 radical (unpaired) electrons. The molecule has 1 heterocycles. The van der Waals surface area contributed by atoms with Crippen molar-refractivity contribution in [1.29, 1.82) is 0 Å². The molecule has 0 aliphatic carbocycles. The molecule has 19 heavy (non-hydrogen) atoms. The lowest BCUT2D eigenvalue weighted by Gasteiger charge is -2.18. The molecule has 0 spiro atoms. The molecular weight excluding hydrogens is 238 g/mol. The number of pyridine rings is 1. The molecule has 1 aromatic heterocycles. The topological polar surface area (TPSA) is 42.2 Å². The summed E-state index contributed by atoms with van der Waals surface area (Å²) in [5, 5.41) is 9.90. The number of hydrogen-bond donors (Lipinski definition) is 1. The fourth-order valence-corrected chi connectivity index (χ4v) is 2.03. The van der Waals surface area contributed by atoms with Crippen molar-refractivity contribution in [2.75, 3.05) is 0 Å². The van der Waals surface area contributed by atoms with Gasteiger partial charge in [-0.05, 0) is 38.0 Å². The molecule has 0 fully saturated rings. The minimum absolute atomic E-state index is 0.00608. The number of benzene rings is 1. The highest BCUT2D eigenvalue weighted by atomic mass is 16.3. The molecule has 0 saturated carbocycles. The van der Waals surface area contributed by atoms with Gasteiger partial charge in [0.2, 0.25) is 0 Å². The third-order valence-corrected chi connectivity index (χ3v) is 3.27. The Morgan fingerprint density at radius 1 is 1.11 bits per heavy atom. The van der Waals surface area contributed by atoms with E-state index in [9.17, 15) is 9.90 Å². The van der Waals surface area contributed by atoms with E-state index in [0.29, 0.717) is 6.54 Å². The van der Waals surface area contributed by atoms with Gasteiger partial charge in [-0.15, -0.1) is 0 Å². The summed E-state index contributed by atoms with van der Waals surface area (Å²) in [6.45, 7) is 5.99. The quantitative estimate of drug-likeness (QED) is 0.917. The fraction of sp³-hybridized carbons (Fsp3) is 0.312. The maximum atomic E-state index is 11.8. The van der Waals surface area contributed by atoms with Crippen molar-refractivity contribution >= 4 is 0 Å². The van der Waals surface area contributed by atoms with Gasteiger partial charge in [0.25, 0.3) is 5.56 Å². The first-order valence-electron chi connectivity index (χ1n) is 6.36. The Morgan fingerprint density at radius 2 is 1.74 bits per heavy atom. The SMILES string of the molecule is Cc1cccc(=O)n1Cc1ccc(C(C)(C)O)cc1. The van der Waals surface area contributed by atoms with E-state index < -0.39 is 5.60 Å². The van der Waals surface area contributed by atoms with Crippen molar-refractivity contribution in [2.45, 2.75) is 32.9 Å². The first-order chi connectivity index (χ1) is 8.88. The second-order valence-electron chi connectivity index (χ2n) is 5.35. The number of rotatable bonds is 3. The van der Waals surface area contributed by atoms with Gasteiger partial charge in [-0.1, -0.05) is 30.3 Å². The Hall–Kier alpha value is -1.87. The molecule has 0 atom stereocenters. The summed E-state index contributed by atoms with van der Waals surface area (Å²) in [5.74, 6) is 0. The predicted molar refractivity (Wildman–Crippen MR) is 76.2 cm³/mol. The number of aliphatic hydroxyl groups is 1. The van der Waals surface area contributed by atoms with Gasteiger partial charge < -0.3 is 9.67 Å². The highest BCUT2D eigenvalue weighted by Crippen LogP contribution is 2.19. The summed E-state index contributed by atoms with van der Waals surface area (Å²) in [6.07, 6.45) is 0. The molecule has 0 amide bonds. The van der Waals surface area contributed by atoms with E-state index in [1.807, 2.05) is 37.3 Å². The molecule has 1 aromatic carbocycles. The molecule has 0 bridgehead atoms. The van der Waals surface area contributed by atoms with Crippen LogP contribution in [0.5, 0.6) is 0 Å². The molecule has 0 unspecified atom stereocenters. The van der Waals surface area contributed by atoms with Gasteiger partial charge in [0, 0.05) is 11.8 Å². The minimum atomic E-state index is -0.835. The lowest BCUT2D eigenvalue weighted by atomic mass is 9.97. The van der Waals surface area contributed by atoms with Crippen LogP contribution in [0.4, 0.5) is 0 Å². The number of hydrogen-bond acceptors (Lipinski definition) is 2. The Morgan fingerprint density at radius 3 is 2.26 bits per heavy atom. The van der Waals surface area contributed by atoms with Gasteiger partial charge in [0.1, 0.15) is 0 Å². The second kappa shape index (κ2) is 5.02. The van der Waals surface area contributed by atoms with Crippen LogP contribution in [-0.4, -0.2) is 9.67 Å². The van der Waals surface area contributed by atoms with Gasteiger partial charge in [0.15, 0.2) is 0 Å². The molecule has 2 aromatic rings. The second-order valence-corrected chi connectivity index (χ2v) is 5.35. The van der Waals surface area contributed by atoms with Gasteiger partial charge in [-0.3, -0.25) is 4.79 Å². The Kier molecular flexibility index (Phi) is 3.58. The average Bonchev–Trinajstić information content (AvgIpc) is 2.33. The van der Waals surface area contributed by atoms with Crippen molar-refractivity contribution in [3.05, 3.63) is 69.6 Å². The standard InChI is InChI=1S/C16H19NO2/c1-12-5-4-6-15(18)17(12)11-13-7-9-14(10-8-13)16(2,3)19/h4-10,19H,11H2,1-3H3. The Bertz CT molecular complexity index is 618. The van der Waals surface area contributed by atoms with Gasteiger partial charge in [0.05, 0.1) is 12.1 Å². The first kappa shape index (κ1) is 13.6. The highest BCUT2D eigenvalue weighted by Gasteiger charge is 2.15. The summed E-state index contributed by atoms with van der Waals surface area (Å²) in [5.41, 5.74) is 2.03.